The SMILES string of the molecule is Cc1ncnc(N2CC(N(C)Cc3cccc([N+](=O)[O-])c3)C2)c1C. The van der Waals surface area contributed by atoms with Crippen LogP contribution in [0.5, 0.6) is 0 Å². The molecular formula is C17H21N5O2. The van der Waals surface area contributed by atoms with E-state index in [1.165, 1.54) is 6.07 Å². The lowest BCUT2D eigenvalue weighted by Gasteiger charge is -2.45. The normalized spacial score (nSPS) is 14.8. The third-order valence-electron chi connectivity index (χ3n) is 4.65. The Hall–Kier alpha value is -2.54. The lowest BCUT2D eigenvalue weighted by molar-refractivity contribution is -0.384. The number of anilines is 1. The van der Waals surface area contributed by atoms with E-state index in [4.69, 9.17) is 0 Å². The number of aromatic nitrogens is 2. The quantitative estimate of drug-likeness (QED) is 0.620. The lowest BCUT2D eigenvalue weighted by Crippen LogP contribution is -2.58. The minimum Gasteiger partial charge on any atom is -0.353 e. The molecule has 0 aliphatic carbocycles. The molecule has 0 saturated carbocycles. The molecule has 7 nitrogen and oxygen atoms in total. The zero-order valence-electron chi connectivity index (χ0n) is 14.1. The second-order valence-corrected chi connectivity index (χ2v) is 6.31. The third kappa shape index (κ3) is 3.21. The van der Waals surface area contributed by atoms with Crippen molar-refractivity contribution in [2.24, 2.45) is 0 Å². The Bertz CT molecular complexity index is 758. The molecule has 0 N–H and O–H groups in total. The van der Waals surface area contributed by atoms with Crippen LogP contribution in [0, 0.1) is 24.0 Å². The fourth-order valence-corrected chi connectivity index (χ4v) is 2.94. The number of nitro groups is 1. The zero-order chi connectivity index (χ0) is 17.3. The molecule has 2 aromatic rings. The summed E-state index contributed by atoms with van der Waals surface area (Å²) >= 11 is 0. The molecule has 0 amide bonds. The minimum atomic E-state index is -0.352. The van der Waals surface area contributed by atoms with Crippen LogP contribution < -0.4 is 4.90 Å². The van der Waals surface area contributed by atoms with Crippen LogP contribution in [0.2, 0.25) is 0 Å². The summed E-state index contributed by atoms with van der Waals surface area (Å²) in [5.74, 6) is 1.00. The van der Waals surface area contributed by atoms with Crippen LogP contribution >= 0.6 is 0 Å². The van der Waals surface area contributed by atoms with Gasteiger partial charge in [-0.25, -0.2) is 9.97 Å². The highest BCUT2D eigenvalue weighted by Gasteiger charge is 2.32. The van der Waals surface area contributed by atoms with E-state index >= 15 is 0 Å². The van der Waals surface area contributed by atoms with Crippen molar-refractivity contribution >= 4 is 11.5 Å². The van der Waals surface area contributed by atoms with Crippen molar-refractivity contribution in [2.75, 3.05) is 25.0 Å². The Morgan fingerprint density at radius 1 is 1.33 bits per heavy atom. The summed E-state index contributed by atoms with van der Waals surface area (Å²) < 4.78 is 0. The van der Waals surface area contributed by atoms with Gasteiger partial charge in [0.1, 0.15) is 12.1 Å². The number of aryl methyl sites for hydroxylation is 1. The van der Waals surface area contributed by atoms with Crippen LogP contribution in [-0.2, 0) is 6.54 Å². The molecule has 1 aromatic heterocycles. The smallest absolute Gasteiger partial charge is 0.269 e. The maximum absolute atomic E-state index is 10.9. The number of nitro benzene ring substituents is 1. The Morgan fingerprint density at radius 2 is 2.08 bits per heavy atom. The van der Waals surface area contributed by atoms with Crippen LogP contribution in [-0.4, -0.2) is 46.0 Å². The standard InChI is InChI=1S/C17H21N5O2/c1-12-13(2)18-11-19-17(12)21-9-16(10-21)20(3)8-14-5-4-6-15(7-14)22(23)24/h4-7,11,16H,8-10H2,1-3H3. The van der Waals surface area contributed by atoms with Crippen LogP contribution in [0.1, 0.15) is 16.8 Å². The largest absolute Gasteiger partial charge is 0.353 e. The molecule has 0 spiro atoms. The first-order chi connectivity index (χ1) is 11.5. The van der Waals surface area contributed by atoms with E-state index in [0.717, 1.165) is 35.7 Å². The molecule has 1 aliphatic rings. The molecule has 7 heteroatoms. The number of hydrogen-bond acceptors (Lipinski definition) is 6. The monoisotopic (exact) mass is 327 g/mol. The van der Waals surface area contributed by atoms with Crippen molar-refractivity contribution in [3.63, 3.8) is 0 Å². The Balaban J connectivity index is 1.61. The van der Waals surface area contributed by atoms with Crippen LogP contribution in [0.15, 0.2) is 30.6 Å². The topological polar surface area (TPSA) is 75.4 Å². The summed E-state index contributed by atoms with van der Waals surface area (Å²) in [6, 6.07) is 7.25. The fraction of sp³-hybridized carbons (Fsp3) is 0.412. The molecule has 24 heavy (non-hydrogen) atoms. The van der Waals surface area contributed by atoms with Crippen molar-refractivity contribution in [1.29, 1.82) is 0 Å². The molecule has 0 atom stereocenters. The van der Waals surface area contributed by atoms with Crippen molar-refractivity contribution in [3.05, 3.63) is 57.5 Å². The van der Waals surface area contributed by atoms with Gasteiger partial charge >= 0.3 is 0 Å². The molecule has 3 rings (SSSR count). The highest BCUT2D eigenvalue weighted by atomic mass is 16.6. The first-order valence-corrected chi connectivity index (χ1v) is 7.92. The summed E-state index contributed by atoms with van der Waals surface area (Å²) in [6.45, 7) is 6.55. The first kappa shape index (κ1) is 16.3. The van der Waals surface area contributed by atoms with Gasteiger partial charge in [0, 0.05) is 49.1 Å². The van der Waals surface area contributed by atoms with Crippen molar-refractivity contribution in [3.8, 4) is 0 Å². The van der Waals surface area contributed by atoms with Crippen molar-refractivity contribution in [2.45, 2.75) is 26.4 Å². The molecule has 1 aliphatic heterocycles. The van der Waals surface area contributed by atoms with Gasteiger partial charge in [-0.1, -0.05) is 12.1 Å². The summed E-state index contributed by atoms with van der Waals surface area (Å²) in [5, 5.41) is 10.9. The molecule has 126 valence electrons. The van der Waals surface area contributed by atoms with Gasteiger partial charge in [-0.05, 0) is 26.5 Å². The number of hydrogen-bond donors (Lipinski definition) is 0. The lowest BCUT2D eigenvalue weighted by atomic mass is 10.1. The van der Waals surface area contributed by atoms with Gasteiger partial charge in [-0.3, -0.25) is 15.0 Å². The third-order valence-corrected chi connectivity index (χ3v) is 4.65. The minimum absolute atomic E-state index is 0.142. The number of nitrogens with zero attached hydrogens (tertiary/aromatic N) is 5. The summed E-state index contributed by atoms with van der Waals surface area (Å²) in [5.41, 5.74) is 3.23. The molecule has 1 saturated heterocycles. The van der Waals surface area contributed by atoms with Gasteiger partial charge in [-0.2, -0.15) is 0 Å². The summed E-state index contributed by atoms with van der Waals surface area (Å²) in [7, 11) is 2.05. The predicted molar refractivity (Wildman–Crippen MR) is 92.1 cm³/mol. The van der Waals surface area contributed by atoms with E-state index in [2.05, 4.69) is 26.8 Å². The molecular weight excluding hydrogens is 306 g/mol. The fourth-order valence-electron chi connectivity index (χ4n) is 2.94. The molecule has 1 aromatic carbocycles. The number of non-ortho nitro benzene ring substituents is 1. The second-order valence-electron chi connectivity index (χ2n) is 6.31. The van der Waals surface area contributed by atoms with E-state index in [9.17, 15) is 10.1 Å². The van der Waals surface area contributed by atoms with E-state index in [0.29, 0.717) is 12.6 Å². The molecule has 0 radical (unpaired) electrons. The Labute approximate surface area is 141 Å². The van der Waals surface area contributed by atoms with Gasteiger partial charge < -0.3 is 4.90 Å². The molecule has 2 heterocycles. The maximum atomic E-state index is 10.9. The van der Waals surface area contributed by atoms with Crippen LogP contribution in [0.25, 0.3) is 0 Å². The molecule has 1 fully saturated rings. The number of benzene rings is 1. The Morgan fingerprint density at radius 3 is 2.79 bits per heavy atom. The highest BCUT2D eigenvalue weighted by molar-refractivity contribution is 5.50. The maximum Gasteiger partial charge on any atom is 0.269 e. The number of rotatable bonds is 5. The van der Waals surface area contributed by atoms with Gasteiger partial charge in [0.15, 0.2) is 0 Å². The summed E-state index contributed by atoms with van der Waals surface area (Å²) in [4.78, 5) is 23.6. The van der Waals surface area contributed by atoms with E-state index < -0.39 is 0 Å². The second kappa shape index (κ2) is 6.52. The summed E-state index contributed by atoms with van der Waals surface area (Å²) in [6.07, 6.45) is 1.61. The predicted octanol–water partition coefficient (Wildman–Crippen LogP) is 2.32. The highest BCUT2D eigenvalue weighted by Crippen LogP contribution is 2.26. The van der Waals surface area contributed by atoms with Gasteiger partial charge in [0.05, 0.1) is 4.92 Å². The van der Waals surface area contributed by atoms with Gasteiger partial charge in [0.25, 0.3) is 5.69 Å². The van der Waals surface area contributed by atoms with Gasteiger partial charge in [-0.15, -0.1) is 0 Å². The van der Waals surface area contributed by atoms with E-state index in [1.807, 2.05) is 19.9 Å². The van der Waals surface area contributed by atoms with Gasteiger partial charge in [0.2, 0.25) is 0 Å². The van der Waals surface area contributed by atoms with E-state index in [1.54, 1.807) is 18.5 Å². The first-order valence-electron chi connectivity index (χ1n) is 7.92. The van der Waals surface area contributed by atoms with Crippen molar-refractivity contribution < 1.29 is 4.92 Å². The molecule has 0 bridgehead atoms. The zero-order valence-corrected chi connectivity index (χ0v) is 14.1. The number of likely N-dealkylation sites (N-methyl/N-ethyl adjacent to an activating group) is 1. The van der Waals surface area contributed by atoms with E-state index in [-0.39, 0.29) is 10.6 Å². The molecule has 0 unspecified atom stereocenters. The average Bonchev–Trinajstić information content (AvgIpc) is 2.50. The van der Waals surface area contributed by atoms with Crippen molar-refractivity contribution in [1.82, 2.24) is 14.9 Å². The Kier molecular flexibility index (Phi) is 4.44. The van der Waals surface area contributed by atoms with Crippen LogP contribution in [0.3, 0.4) is 0 Å². The average molecular weight is 327 g/mol. The van der Waals surface area contributed by atoms with Crippen LogP contribution in [0.4, 0.5) is 11.5 Å².